The summed E-state index contributed by atoms with van der Waals surface area (Å²) in [5, 5.41) is 6.44. The first-order valence-electron chi connectivity index (χ1n) is 6.35. The van der Waals surface area contributed by atoms with E-state index < -0.39 is 0 Å². The molecule has 0 radical (unpaired) electrons. The number of piperidine rings is 1. The van der Waals surface area contributed by atoms with Crippen LogP contribution in [0.15, 0.2) is 0 Å². The Kier molecular flexibility index (Phi) is 3.62. The van der Waals surface area contributed by atoms with Crippen LogP contribution >= 0.6 is 0 Å². The van der Waals surface area contributed by atoms with Crippen LogP contribution < -0.4 is 10.6 Å². The highest BCUT2D eigenvalue weighted by Crippen LogP contribution is 2.32. The average molecular weight is 210 g/mol. The minimum absolute atomic E-state index is 0.0734. The van der Waals surface area contributed by atoms with E-state index in [2.05, 4.69) is 10.6 Å². The van der Waals surface area contributed by atoms with Crippen LogP contribution in [-0.4, -0.2) is 24.5 Å². The fraction of sp³-hybridized carbons (Fsp3) is 0.917. The molecular weight excluding hydrogens is 188 g/mol. The number of carbonyl (C=O) groups excluding carboxylic acids is 1. The van der Waals surface area contributed by atoms with E-state index in [0.29, 0.717) is 6.04 Å². The van der Waals surface area contributed by atoms with Crippen LogP contribution in [-0.2, 0) is 4.79 Å². The van der Waals surface area contributed by atoms with E-state index >= 15 is 0 Å². The van der Waals surface area contributed by atoms with Gasteiger partial charge in [0.25, 0.3) is 0 Å². The largest absolute Gasteiger partial charge is 0.355 e. The van der Waals surface area contributed by atoms with Crippen molar-refractivity contribution in [2.24, 2.45) is 5.92 Å². The normalized spacial score (nSPS) is 35.7. The summed E-state index contributed by atoms with van der Waals surface area (Å²) in [5.74, 6) is 1.03. The molecular formula is C12H22N2O. The molecule has 86 valence electrons. The quantitative estimate of drug-likeness (QED) is 0.724. The molecule has 15 heavy (non-hydrogen) atoms. The molecule has 0 bridgehead atoms. The Hall–Kier alpha value is -0.570. The van der Waals surface area contributed by atoms with Crippen LogP contribution in [0.1, 0.15) is 45.4 Å². The summed E-state index contributed by atoms with van der Waals surface area (Å²) in [5.41, 5.74) is 0. The fourth-order valence-electron chi connectivity index (χ4n) is 3.00. The van der Waals surface area contributed by atoms with Gasteiger partial charge < -0.3 is 10.6 Å². The SMILES string of the molecule is CCNC(=O)[C@H]1CCC2CCCCC2N1. The average Bonchev–Trinajstić information content (AvgIpc) is 2.29. The van der Waals surface area contributed by atoms with Gasteiger partial charge >= 0.3 is 0 Å². The molecule has 3 atom stereocenters. The highest BCUT2D eigenvalue weighted by atomic mass is 16.2. The molecule has 2 rings (SSSR count). The topological polar surface area (TPSA) is 41.1 Å². The van der Waals surface area contributed by atoms with Crippen molar-refractivity contribution in [3.8, 4) is 0 Å². The van der Waals surface area contributed by atoms with E-state index in [0.717, 1.165) is 18.9 Å². The number of nitrogens with one attached hydrogen (secondary N) is 2. The second-order valence-corrected chi connectivity index (χ2v) is 4.84. The van der Waals surface area contributed by atoms with Gasteiger partial charge in [-0.15, -0.1) is 0 Å². The predicted molar refractivity (Wildman–Crippen MR) is 60.6 cm³/mol. The standard InChI is InChI=1S/C12H22N2O/c1-2-13-12(15)11-8-7-9-5-3-4-6-10(9)14-11/h9-11,14H,2-8H2,1H3,(H,13,15)/t9?,10?,11-/m1/s1. The maximum atomic E-state index is 11.7. The fourth-order valence-corrected chi connectivity index (χ4v) is 3.00. The monoisotopic (exact) mass is 210 g/mol. The smallest absolute Gasteiger partial charge is 0.237 e. The van der Waals surface area contributed by atoms with Crippen molar-refractivity contribution in [2.45, 2.75) is 57.5 Å². The van der Waals surface area contributed by atoms with Crippen molar-refractivity contribution in [1.29, 1.82) is 0 Å². The van der Waals surface area contributed by atoms with E-state index in [9.17, 15) is 4.79 Å². The number of likely N-dealkylation sites (N-methyl/N-ethyl adjacent to an activating group) is 1. The number of fused-ring (bicyclic) bond motifs is 1. The molecule has 0 aromatic rings. The van der Waals surface area contributed by atoms with Gasteiger partial charge in [-0.1, -0.05) is 12.8 Å². The first-order valence-corrected chi connectivity index (χ1v) is 6.35. The Bertz CT molecular complexity index is 230. The maximum Gasteiger partial charge on any atom is 0.237 e. The molecule has 3 heteroatoms. The molecule has 0 aromatic carbocycles. The lowest BCUT2D eigenvalue weighted by Gasteiger charge is -2.39. The minimum Gasteiger partial charge on any atom is -0.355 e. The van der Waals surface area contributed by atoms with E-state index in [1.807, 2.05) is 6.92 Å². The zero-order valence-corrected chi connectivity index (χ0v) is 9.59. The van der Waals surface area contributed by atoms with Gasteiger partial charge in [0.05, 0.1) is 6.04 Å². The molecule has 1 saturated carbocycles. The number of hydrogen-bond acceptors (Lipinski definition) is 2. The van der Waals surface area contributed by atoms with Gasteiger partial charge in [-0.3, -0.25) is 4.79 Å². The molecule has 3 nitrogen and oxygen atoms in total. The minimum atomic E-state index is 0.0734. The zero-order chi connectivity index (χ0) is 10.7. The van der Waals surface area contributed by atoms with E-state index in [1.54, 1.807) is 0 Å². The molecule has 2 aliphatic rings. The Morgan fingerprint density at radius 3 is 2.87 bits per heavy atom. The van der Waals surface area contributed by atoms with Crippen LogP contribution in [0.25, 0.3) is 0 Å². The van der Waals surface area contributed by atoms with Gasteiger partial charge in [-0.05, 0) is 38.5 Å². The second-order valence-electron chi connectivity index (χ2n) is 4.84. The molecule has 0 spiro atoms. The van der Waals surface area contributed by atoms with Crippen LogP contribution in [0, 0.1) is 5.92 Å². The highest BCUT2D eigenvalue weighted by Gasteiger charge is 2.33. The van der Waals surface area contributed by atoms with E-state index in [-0.39, 0.29) is 11.9 Å². The van der Waals surface area contributed by atoms with Crippen molar-refractivity contribution >= 4 is 5.91 Å². The second kappa shape index (κ2) is 4.97. The molecule has 1 aliphatic heterocycles. The van der Waals surface area contributed by atoms with Crippen molar-refractivity contribution in [3.63, 3.8) is 0 Å². The highest BCUT2D eigenvalue weighted by molar-refractivity contribution is 5.81. The van der Waals surface area contributed by atoms with Crippen molar-refractivity contribution in [2.75, 3.05) is 6.54 Å². The van der Waals surface area contributed by atoms with E-state index in [4.69, 9.17) is 0 Å². The third-order valence-corrected chi connectivity index (χ3v) is 3.82. The molecule has 2 fully saturated rings. The summed E-state index contributed by atoms with van der Waals surface area (Å²) in [4.78, 5) is 11.7. The van der Waals surface area contributed by atoms with Crippen LogP contribution in [0.4, 0.5) is 0 Å². The molecule has 0 aromatic heterocycles. The van der Waals surface area contributed by atoms with E-state index in [1.165, 1.54) is 32.1 Å². The van der Waals surface area contributed by atoms with Crippen LogP contribution in [0.2, 0.25) is 0 Å². The Labute approximate surface area is 92.0 Å². The molecule has 2 unspecified atom stereocenters. The Balaban J connectivity index is 1.87. The Morgan fingerprint density at radius 2 is 2.07 bits per heavy atom. The lowest BCUT2D eigenvalue weighted by molar-refractivity contribution is -0.124. The third kappa shape index (κ3) is 2.51. The van der Waals surface area contributed by atoms with Crippen molar-refractivity contribution < 1.29 is 4.79 Å². The maximum absolute atomic E-state index is 11.7. The number of carbonyl (C=O) groups is 1. The zero-order valence-electron chi connectivity index (χ0n) is 9.59. The van der Waals surface area contributed by atoms with Gasteiger partial charge in [0, 0.05) is 12.6 Å². The summed E-state index contributed by atoms with van der Waals surface area (Å²) in [6.45, 7) is 2.72. The van der Waals surface area contributed by atoms with Crippen molar-refractivity contribution in [3.05, 3.63) is 0 Å². The van der Waals surface area contributed by atoms with Gasteiger partial charge in [0.15, 0.2) is 0 Å². The summed E-state index contributed by atoms with van der Waals surface area (Å²) in [6, 6.07) is 0.685. The summed E-state index contributed by atoms with van der Waals surface area (Å²) in [7, 11) is 0. The van der Waals surface area contributed by atoms with Gasteiger partial charge in [-0.2, -0.15) is 0 Å². The number of amides is 1. The van der Waals surface area contributed by atoms with Crippen LogP contribution in [0.3, 0.4) is 0 Å². The molecule has 1 amide bonds. The summed E-state index contributed by atoms with van der Waals surface area (Å²) in [6.07, 6.45) is 7.60. The third-order valence-electron chi connectivity index (χ3n) is 3.82. The predicted octanol–water partition coefficient (Wildman–Crippen LogP) is 1.43. The lowest BCUT2D eigenvalue weighted by Crippen LogP contribution is -2.54. The van der Waals surface area contributed by atoms with Crippen LogP contribution in [0.5, 0.6) is 0 Å². The lowest BCUT2D eigenvalue weighted by atomic mass is 9.77. The Morgan fingerprint density at radius 1 is 1.27 bits per heavy atom. The molecule has 2 N–H and O–H groups in total. The molecule has 1 heterocycles. The number of hydrogen-bond donors (Lipinski definition) is 2. The van der Waals surface area contributed by atoms with Gasteiger partial charge in [-0.25, -0.2) is 0 Å². The first-order chi connectivity index (χ1) is 7.31. The molecule has 1 saturated heterocycles. The summed E-state index contributed by atoms with van der Waals surface area (Å²) >= 11 is 0. The van der Waals surface area contributed by atoms with Gasteiger partial charge in [0.1, 0.15) is 0 Å². The first kappa shape index (κ1) is 10.9. The van der Waals surface area contributed by atoms with Gasteiger partial charge in [0.2, 0.25) is 5.91 Å². The summed E-state index contributed by atoms with van der Waals surface area (Å²) < 4.78 is 0. The van der Waals surface area contributed by atoms with Crippen molar-refractivity contribution in [1.82, 2.24) is 10.6 Å². The number of rotatable bonds is 2. The molecule has 1 aliphatic carbocycles.